The summed E-state index contributed by atoms with van der Waals surface area (Å²) in [6, 6.07) is 24.7. The van der Waals surface area contributed by atoms with Crippen molar-refractivity contribution in [2.24, 2.45) is 0 Å². The van der Waals surface area contributed by atoms with E-state index in [-0.39, 0.29) is 18.0 Å². The highest BCUT2D eigenvalue weighted by Gasteiger charge is 2.29. The topological polar surface area (TPSA) is 81.8 Å². The first-order valence-corrected chi connectivity index (χ1v) is 14.5. The molecule has 0 radical (unpaired) electrons. The molecule has 0 spiro atoms. The molecule has 0 atom stereocenters. The molecule has 0 N–H and O–H groups in total. The van der Waals surface area contributed by atoms with E-state index >= 15 is 0 Å². The quantitative estimate of drug-likeness (QED) is 0.227. The summed E-state index contributed by atoms with van der Waals surface area (Å²) < 4.78 is 5.98. The standard InChI is InChI=1S/C33H24BrN7O2/c1-35-29-19-23(8-13-28(29)34)32(42)38-17-14-27-30(21-38)41-31(24(20-37-41)18-22-6-3-2-4-7-22)40(33(27)43)26-11-9-25(10-12-26)39-16-5-15-36-39/h2-13,15-16,19-20H,14,17-18,21H2. The lowest BCUT2D eigenvalue weighted by Crippen LogP contribution is -2.41. The summed E-state index contributed by atoms with van der Waals surface area (Å²) in [5.41, 5.74) is 6.33. The van der Waals surface area contributed by atoms with E-state index in [9.17, 15) is 9.59 Å². The molecule has 10 heteroatoms. The van der Waals surface area contributed by atoms with Gasteiger partial charge in [-0.2, -0.15) is 10.2 Å². The lowest BCUT2D eigenvalue weighted by atomic mass is 10.0. The predicted octanol–water partition coefficient (Wildman–Crippen LogP) is 5.77. The van der Waals surface area contributed by atoms with Gasteiger partial charge in [0, 0.05) is 46.5 Å². The molecule has 3 aromatic heterocycles. The maximum atomic E-state index is 14.3. The van der Waals surface area contributed by atoms with E-state index in [2.05, 4.69) is 38.0 Å². The van der Waals surface area contributed by atoms with E-state index in [1.807, 2.05) is 65.4 Å². The third-order valence-corrected chi connectivity index (χ3v) is 8.45. The van der Waals surface area contributed by atoms with Crippen molar-refractivity contribution in [2.45, 2.75) is 19.4 Å². The van der Waals surface area contributed by atoms with Gasteiger partial charge in [-0.25, -0.2) is 14.0 Å². The van der Waals surface area contributed by atoms with Crippen LogP contribution in [0.4, 0.5) is 5.69 Å². The summed E-state index contributed by atoms with van der Waals surface area (Å²) >= 11 is 3.37. The summed E-state index contributed by atoms with van der Waals surface area (Å²) in [5.74, 6) is -0.189. The first-order valence-electron chi connectivity index (χ1n) is 13.8. The van der Waals surface area contributed by atoms with E-state index in [4.69, 9.17) is 11.7 Å². The van der Waals surface area contributed by atoms with E-state index in [0.29, 0.717) is 52.0 Å². The fraction of sp³-hybridized carbons (Fsp3) is 0.121. The predicted molar refractivity (Wildman–Crippen MR) is 166 cm³/mol. The first-order chi connectivity index (χ1) is 21.0. The van der Waals surface area contributed by atoms with Crippen molar-refractivity contribution < 1.29 is 4.79 Å². The molecule has 7 rings (SSSR count). The molecule has 0 aliphatic carbocycles. The second kappa shape index (κ2) is 10.9. The molecule has 4 heterocycles. The Labute approximate surface area is 255 Å². The van der Waals surface area contributed by atoms with Gasteiger partial charge in [0.2, 0.25) is 5.69 Å². The van der Waals surface area contributed by atoms with E-state index in [1.54, 1.807) is 38.5 Å². The summed E-state index contributed by atoms with van der Waals surface area (Å²) in [4.78, 5) is 33.1. The number of aromatic nitrogens is 5. The molecule has 0 saturated carbocycles. The highest BCUT2D eigenvalue weighted by molar-refractivity contribution is 9.10. The number of nitrogens with zero attached hydrogens (tertiary/aromatic N) is 7. The number of carbonyl (C=O) groups excluding carboxylic acids is 1. The Hall–Kier alpha value is -5.27. The minimum Gasteiger partial charge on any atom is -0.332 e. The Morgan fingerprint density at radius 3 is 2.51 bits per heavy atom. The molecule has 1 aliphatic rings. The van der Waals surface area contributed by atoms with Gasteiger partial charge < -0.3 is 4.90 Å². The van der Waals surface area contributed by atoms with Gasteiger partial charge in [-0.1, -0.05) is 58.4 Å². The minimum atomic E-state index is -0.189. The van der Waals surface area contributed by atoms with Crippen molar-refractivity contribution in [1.82, 2.24) is 28.9 Å². The van der Waals surface area contributed by atoms with Crippen LogP contribution in [-0.2, 0) is 19.4 Å². The number of fused-ring (bicyclic) bond motifs is 3. The zero-order valence-corrected chi connectivity index (χ0v) is 24.5. The average Bonchev–Trinajstić information content (AvgIpc) is 3.73. The van der Waals surface area contributed by atoms with Crippen LogP contribution in [0.5, 0.6) is 0 Å². The van der Waals surface area contributed by atoms with Crippen LogP contribution in [0.25, 0.3) is 21.9 Å². The third-order valence-electron chi connectivity index (χ3n) is 7.78. The summed E-state index contributed by atoms with van der Waals surface area (Å²) in [5, 5.41) is 9.09. The number of carbonyl (C=O) groups is 1. The normalized spacial score (nSPS) is 12.7. The van der Waals surface area contributed by atoms with Crippen LogP contribution in [0, 0.1) is 6.57 Å². The van der Waals surface area contributed by atoms with Gasteiger partial charge in [0.25, 0.3) is 11.5 Å². The van der Waals surface area contributed by atoms with E-state index in [1.165, 1.54) is 0 Å². The van der Waals surface area contributed by atoms with Crippen molar-refractivity contribution in [3.8, 4) is 11.4 Å². The number of rotatable bonds is 5. The molecule has 3 aromatic carbocycles. The Bertz CT molecular complexity index is 2090. The monoisotopic (exact) mass is 629 g/mol. The Morgan fingerprint density at radius 1 is 0.977 bits per heavy atom. The molecule has 210 valence electrons. The summed E-state index contributed by atoms with van der Waals surface area (Å²) in [7, 11) is 0. The summed E-state index contributed by atoms with van der Waals surface area (Å²) in [6.45, 7) is 8.03. The Balaban J connectivity index is 1.35. The zero-order chi connectivity index (χ0) is 29.5. The molecule has 1 amide bonds. The van der Waals surface area contributed by atoms with Gasteiger partial charge in [-0.15, -0.1) is 0 Å². The maximum absolute atomic E-state index is 14.3. The lowest BCUT2D eigenvalue weighted by Gasteiger charge is -2.30. The molecule has 0 saturated heterocycles. The average molecular weight is 631 g/mol. The van der Waals surface area contributed by atoms with Crippen molar-refractivity contribution in [3.63, 3.8) is 0 Å². The van der Waals surface area contributed by atoms with Gasteiger partial charge in [0.1, 0.15) is 5.65 Å². The number of hydrogen-bond donors (Lipinski definition) is 0. The fourth-order valence-electron chi connectivity index (χ4n) is 5.66. The van der Waals surface area contributed by atoms with Crippen LogP contribution in [-0.4, -0.2) is 41.3 Å². The van der Waals surface area contributed by atoms with E-state index < -0.39 is 0 Å². The van der Waals surface area contributed by atoms with Crippen LogP contribution < -0.4 is 5.56 Å². The van der Waals surface area contributed by atoms with Crippen LogP contribution in [0.1, 0.15) is 32.7 Å². The Morgan fingerprint density at radius 2 is 1.77 bits per heavy atom. The maximum Gasteiger partial charge on any atom is 0.261 e. The molecular formula is C33H24BrN7O2. The SMILES string of the molecule is [C-]#[N+]c1cc(C(=O)N2CCc3c(n4ncc(Cc5ccccc5)c4n(-c4ccc(-n5cccn5)cc4)c3=O)C2)ccc1Br. The van der Waals surface area contributed by atoms with Crippen LogP contribution in [0.2, 0.25) is 0 Å². The number of halogens is 1. The number of hydrogen-bond acceptors (Lipinski definition) is 4. The fourth-order valence-corrected chi connectivity index (χ4v) is 5.99. The Kier molecular flexibility index (Phi) is 6.72. The molecule has 43 heavy (non-hydrogen) atoms. The zero-order valence-electron chi connectivity index (χ0n) is 22.9. The van der Waals surface area contributed by atoms with Gasteiger partial charge in [-0.05, 0) is 48.4 Å². The third kappa shape index (κ3) is 4.73. The molecule has 6 aromatic rings. The van der Waals surface area contributed by atoms with Crippen molar-refractivity contribution >= 4 is 33.2 Å². The molecular weight excluding hydrogens is 606 g/mol. The number of benzene rings is 3. The van der Waals surface area contributed by atoms with Crippen LogP contribution >= 0.6 is 15.9 Å². The van der Waals surface area contributed by atoms with Gasteiger partial charge in [0.05, 0.1) is 36.4 Å². The molecule has 9 nitrogen and oxygen atoms in total. The number of amides is 1. The summed E-state index contributed by atoms with van der Waals surface area (Å²) in [6.07, 6.45) is 6.39. The first kappa shape index (κ1) is 26.6. The van der Waals surface area contributed by atoms with Crippen molar-refractivity contribution in [3.05, 3.63) is 152 Å². The van der Waals surface area contributed by atoms with Crippen molar-refractivity contribution in [2.75, 3.05) is 6.54 Å². The second-order valence-electron chi connectivity index (χ2n) is 10.4. The molecule has 0 unspecified atom stereocenters. The molecule has 1 aliphatic heterocycles. The largest absolute Gasteiger partial charge is 0.332 e. The van der Waals surface area contributed by atoms with Crippen LogP contribution in [0.15, 0.2) is 107 Å². The van der Waals surface area contributed by atoms with Gasteiger partial charge in [-0.3, -0.25) is 14.2 Å². The second-order valence-corrected chi connectivity index (χ2v) is 11.2. The smallest absolute Gasteiger partial charge is 0.261 e. The highest BCUT2D eigenvalue weighted by atomic mass is 79.9. The van der Waals surface area contributed by atoms with Gasteiger partial charge >= 0.3 is 0 Å². The highest BCUT2D eigenvalue weighted by Crippen LogP contribution is 2.29. The van der Waals surface area contributed by atoms with Gasteiger partial charge in [0.15, 0.2) is 0 Å². The molecule has 0 fully saturated rings. The van der Waals surface area contributed by atoms with Crippen molar-refractivity contribution in [1.29, 1.82) is 0 Å². The van der Waals surface area contributed by atoms with E-state index in [0.717, 1.165) is 22.5 Å². The molecule has 0 bridgehead atoms. The minimum absolute atomic E-state index is 0.116. The van der Waals surface area contributed by atoms with Crippen LogP contribution in [0.3, 0.4) is 0 Å². The lowest BCUT2D eigenvalue weighted by molar-refractivity contribution is 0.0730.